The van der Waals surface area contributed by atoms with Gasteiger partial charge >= 0.3 is 5.97 Å². The van der Waals surface area contributed by atoms with Crippen LogP contribution in [0, 0.1) is 0 Å². The number of carboxylic acids is 1. The lowest BCUT2D eigenvalue weighted by Crippen LogP contribution is -2.17. The van der Waals surface area contributed by atoms with Gasteiger partial charge in [-0.05, 0) is 57.8 Å². The molecule has 1 aliphatic rings. The van der Waals surface area contributed by atoms with Crippen LogP contribution >= 0.6 is 0 Å². The molecule has 0 atom stereocenters. The summed E-state index contributed by atoms with van der Waals surface area (Å²) in [5.74, 6) is -0.689. The molecule has 0 bridgehead atoms. The van der Waals surface area contributed by atoms with Crippen molar-refractivity contribution >= 4 is 5.97 Å². The van der Waals surface area contributed by atoms with Gasteiger partial charge in [-0.1, -0.05) is 0 Å². The Morgan fingerprint density at radius 3 is 2.85 bits per heavy atom. The van der Waals surface area contributed by atoms with E-state index in [2.05, 4.69) is 9.88 Å². The van der Waals surface area contributed by atoms with Gasteiger partial charge in [0.2, 0.25) is 5.88 Å². The third-order valence-electron chi connectivity index (χ3n) is 3.48. The standard InChI is InChI=1S/C15H22N2O3/c1-17(2)8-5-9-20-14-12(15(18)19)10-11-6-3-4-7-13(11)16-14/h10H,3-9H2,1-2H3,(H,18,19). The summed E-state index contributed by atoms with van der Waals surface area (Å²) in [4.78, 5) is 17.8. The fourth-order valence-electron chi connectivity index (χ4n) is 2.43. The predicted molar refractivity (Wildman–Crippen MR) is 76.5 cm³/mol. The molecule has 0 aromatic carbocycles. The molecule has 1 aromatic rings. The molecule has 2 rings (SSSR count). The van der Waals surface area contributed by atoms with Gasteiger partial charge in [-0.3, -0.25) is 0 Å². The molecule has 0 radical (unpaired) electrons. The number of rotatable bonds is 6. The minimum absolute atomic E-state index is 0.190. The van der Waals surface area contributed by atoms with Crippen molar-refractivity contribution in [3.8, 4) is 5.88 Å². The molecule has 0 saturated carbocycles. The van der Waals surface area contributed by atoms with E-state index in [1.54, 1.807) is 6.07 Å². The van der Waals surface area contributed by atoms with E-state index in [1.807, 2.05) is 14.1 Å². The Bertz CT molecular complexity index is 486. The molecular formula is C15H22N2O3. The summed E-state index contributed by atoms with van der Waals surface area (Å²) < 4.78 is 5.60. The molecular weight excluding hydrogens is 256 g/mol. The molecule has 0 spiro atoms. The summed E-state index contributed by atoms with van der Waals surface area (Å²) in [6.45, 7) is 1.40. The van der Waals surface area contributed by atoms with Crippen LogP contribution in [-0.2, 0) is 12.8 Å². The monoisotopic (exact) mass is 278 g/mol. The first kappa shape index (κ1) is 14.8. The lowest BCUT2D eigenvalue weighted by Gasteiger charge is -2.18. The molecule has 5 heteroatoms. The van der Waals surface area contributed by atoms with Gasteiger partial charge in [0.05, 0.1) is 6.61 Å². The summed E-state index contributed by atoms with van der Waals surface area (Å²) in [6.07, 6.45) is 4.92. The molecule has 0 amide bonds. The molecule has 5 nitrogen and oxygen atoms in total. The first-order valence-corrected chi connectivity index (χ1v) is 7.11. The van der Waals surface area contributed by atoms with Crippen LogP contribution in [0.3, 0.4) is 0 Å². The maximum absolute atomic E-state index is 11.3. The average Bonchev–Trinajstić information content (AvgIpc) is 2.42. The Hall–Kier alpha value is -1.62. The van der Waals surface area contributed by atoms with Crippen molar-refractivity contribution < 1.29 is 14.6 Å². The second-order valence-electron chi connectivity index (χ2n) is 5.46. The smallest absolute Gasteiger partial charge is 0.341 e. The number of ether oxygens (including phenoxy) is 1. The maximum Gasteiger partial charge on any atom is 0.341 e. The van der Waals surface area contributed by atoms with Crippen molar-refractivity contribution in [3.05, 3.63) is 22.9 Å². The van der Waals surface area contributed by atoms with Gasteiger partial charge < -0.3 is 14.7 Å². The van der Waals surface area contributed by atoms with Crippen molar-refractivity contribution in [3.63, 3.8) is 0 Å². The Morgan fingerprint density at radius 1 is 1.40 bits per heavy atom. The quantitative estimate of drug-likeness (QED) is 0.806. The highest BCUT2D eigenvalue weighted by Gasteiger charge is 2.19. The van der Waals surface area contributed by atoms with Gasteiger partial charge in [0, 0.05) is 12.2 Å². The zero-order chi connectivity index (χ0) is 14.5. The summed E-state index contributed by atoms with van der Waals surface area (Å²) in [6, 6.07) is 1.74. The van der Waals surface area contributed by atoms with Crippen molar-refractivity contribution in [2.24, 2.45) is 0 Å². The van der Waals surface area contributed by atoms with Crippen molar-refractivity contribution in [2.75, 3.05) is 27.2 Å². The zero-order valence-corrected chi connectivity index (χ0v) is 12.2. The highest BCUT2D eigenvalue weighted by Crippen LogP contribution is 2.26. The van der Waals surface area contributed by atoms with Crippen LogP contribution in [0.15, 0.2) is 6.07 Å². The number of aromatic carboxylic acids is 1. The first-order valence-electron chi connectivity index (χ1n) is 7.11. The second-order valence-corrected chi connectivity index (χ2v) is 5.46. The molecule has 0 aliphatic heterocycles. The Balaban J connectivity index is 2.11. The number of hydrogen-bond donors (Lipinski definition) is 1. The third-order valence-corrected chi connectivity index (χ3v) is 3.48. The van der Waals surface area contributed by atoms with Crippen LogP contribution in [0.5, 0.6) is 5.88 Å². The molecule has 20 heavy (non-hydrogen) atoms. The average molecular weight is 278 g/mol. The van der Waals surface area contributed by atoms with E-state index in [0.717, 1.165) is 49.9 Å². The minimum Gasteiger partial charge on any atom is -0.477 e. The van der Waals surface area contributed by atoms with Crippen LogP contribution in [0.25, 0.3) is 0 Å². The van der Waals surface area contributed by atoms with Crippen LogP contribution in [0.2, 0.25) is 0 Å². The molecule has 0 fully saturated rings. The second kappa shape index (κ2) is 6.70. The largest absolute Gasteiger partial charge is 0.477 e. The van der Waals surface area contributed by atoms with Crippen LogP contribution in [0.4, 0.5) is 0 Å². The van der Waals surface area contributed by atoms with E-state index in [4.69, 9.17) is 4.74 Å². The van der Waals surface area contributed by atoms with Crippen LogP contribution in [0.1, 0.15) is 40.9 Å². The predicted octanol–water partition coefficient (Wildman–Crippen LogP) is 1.99. The number of nitrogens with zero attached hydrogens (tertiary/aromatic N) is 2. The van der Waals surface area contributed by atoms with Gasteiger partial charge in [0.1, 0.15) is 5.56 Å². The fraction of sp³-hybridized carbons (Fsp3) is 0.600. The first-order chi connectivity index (χ1) is 9.58. The molecule has 1 aliphatic carbocycles. The lowest BCUT2D eigenvalue weighted by molar-refractivity contribution is 0.0690. The molecule has 0 saturated heterocycles. The number of pyridine rings is 1. The fourth-order valence-corrected chi connectivity index (χ4v) is 2.43. The number of aromatic nitrogens is 1. The maximum atomic E-state index is 11.3. The van der Waals surface area contributed by atoms with E-state index < -0.39 is 5.97 Å². The van der Waals surface area contributed by atoms with Crippen LogP contribution < -0.4 is 4.74 Å². The van der Waals surface area contributed by atoms with Gasteiger partial charge in [0.25, 0.3) is 0 Å². The highest BCUT2D eigenvalue weighted by atomic mass is 16.5. The van der Waals surface area contributed by atoms with E-state index >= 15 is 0 Å². The van der Waals surface area contributed by atoms with Gasteiger partial charge in [-0.15, -0.1) is 0 Å². The summed E-state index contributed by atoms with van der Waals surface area (Å²) in [5, 5.41) is 9.28. The number of fused-ring (bicyclic) bond motifs is 1. The molecule has 1 heterocycles. The SMILES string of the molecule is CN(C)CCCOc1nc2c(cc1C(=O)O)CCCC2. The van der Waals surface area contributed by atoms with Gasteiger partial charge in [-0.25, -0.2) is 9.78 Å². The summed E-state index contributed by atoms with van der Waals surface area (Å²) in [7, 11) is 4.00. The number of hydrogen-bond acceptors (Lipinski definition) is 4. The lowest BCUT2D eigenvalue weighted by atomic mass is 9.95. The van der Waals surface area contributed by atoms with E-state index in [1.165, 1.54) is 0 Å². The van der Waals surface area contributed by atoms with E-state index in [9.17, 15) is 9.90 Å². The normalized spacial score (nSPS) is 14.2. The zero-order valence-electron chi connectivity index (χ0n) is 12.2. The topological polar surface area (TPSA) is 62.7 Å². The summed E-state index contributed by atoms with van der Waals surface area (Å²) >= 11 is 0. The minimum atomic E-state index is -0.964. The Labute approximate surface area is 119 Å². The molecule has 110 valence electrons. The molecule has 1 N–H and O–H groups in total. The summed E-state index contributed by atoms with van der Waals surface area (Å²) in [5.41, 5.74) is 2.26. The third kappa shape index (κ3) is 3.70. The van der Waals surface area contributed by atoms with Crippen LogP contribution in [-0.4, -0.2) is 48.2 Å². The highest BCUT2D eigenvalue weighted by molar-refractivity contribution is 5.90. The van der Waals surface area contributed by atoms with E-state index in [0.29, 0.717) is 6.61 Å². The molecule has 0 unspecified atom stereocenters. The number of carboxylic acid groups (broad SMARTS) is 1. The van der Waals surface area contributed by atoms with Crippen molar-refractivity contribution in [2.45, 2.75) is 32.1 Å². The van der Waals surface area contributed by atoms with Gasteiger partial charge in [0.15, 0.2) is 0 Å². The Kier molecular flexibility index (Phi) is 4.95. The van der Waals surface area contributed by atoms with Crippen molar-refractivity contribution in [1.29, 1.82) is 0 Å². The molecule has 1 aromatic heterocycles. The number of carbonyl (C=O) groups is 1. The number of aryl methyl sites for hydroxylation is 2. The van der Waals surface area contributed by atoms with Gasteiger partial charge in [-0.2, -0.15) is 0 Å². The van der Waals surface area contributed by atoms with E-state index in [-0.39, 0.29) is 11.4 Å². The Morgan fingerprint density at radius 2 is 2.15 bits per heavy atom. The van der Waals surface area contributed by atoms with Crippen molar-refractivity contribution in [1.82, 2.24) is 9.88 Å².